The van der Waals surface area contributed by atoms with Gasteiger partial charge in [-0.15, -0.1) is 0 Å². The molecule has 10 heteroatoms. The van der Waals surface area contributed by atoms with Crippen molar-refractivity contribution in [1.82, 2.24) is 20.6 Å². The van der Waals surface area contributed by atoms with E-state index in [-0.39, 0.29) is 10.7 Å². The molecule has 2 aromatic heterocycles. The van der Waals surface area contributed by atoms with Crippen LogP contribution in [0.2, 0.25) is 0 Å². The molecule has 2 aromatic rings. The first kappa shape index (κ1) is 15.8. The maximum atomic E-state index is 11.8. The van der Waals surface area contributed by atoms with Crippen molar-refractivity contribution in [3.05, 3.63) is 40.3 Å². The van der Waals surface area contributed by atoms with E-state index >= 15 is 0 Å². The van der Waals surface area contributed by atoms with E-state index in [1.54, 1.807) is 24.5 Å². The number of carbonyl (C=O) groups is 2. The molecular weight excluding hydrogens is 404 g/mol. The largest absolute Gasteiger partial charge is 0.449 e. The first-order chi connectivity index (χ1) is 11.0. The molecule has 0 saturated carbocycles. The SMILES string of the molecule is O=C1NC(=S)NC(=O)C1=Cc1cc(Br)c(Sc2ncccn2)o1. The number of nitrogens with one attached hydrogen (secondary N) is 2. The molecule has 1 aliphatic heterocycles. The first-order valence-corrected chi connectivity index (χ1v) is 8.17. The fraction of sp³-hybridized carbons (Fsp3) is 0. The van der Waals surface area contributed by atoms with Gasteiger partial charge in [0, 0.05) is 12.4 Å². The summed E-state index contributed by atoms with van der Waals surface area (Å²) >= 11 is 9.31. The van der Waals surface area contributed by atoms with Crippen LogP contribution in [0.15, 0.2) is 49.2 Å². The molecule has 0 radical (unpaired) electrons. The van der Waals surface area contributed by atoms with Gasteiger partial charge in [0.25, 0.3) is 11.8 Å². The predicted molar refractivity (Wildman–Crippen MR) is 89.4 cm³/mol. The van der Waals surface area contributed by atoms with Gasteiger partial charge in [-0.1, -0.05) is 0 Å². The van der Waals surface area contributed by atoms with Crippen molar-refractivity contribution < 1.29 is 14.0 Å². The molecule has 1 aliphatic rings. The molecule has 1 saturated heterocycles. The molecule has 0 aromatic carbocycles. The Labute approximate surface area is 148 Å². The van der Waals surface area contributed by atoms with Gasteiger partial charge in [0.2, 0.25) is 0 Å². The summed E-state index contributed by atoms with van der Waals surface area (Å²) in [7, 11) is 0. The van der Waals surface area contributed by atoms with Gasteiger partial charge in [-0.3, -0.25) is 20.2 Å². The first-order valence-electron chi connectivity index (χ1n) is 6.15. The molecule has 3 heterocycles. The Morgan fingerprint density at radius 2 is 1.87 bits per heavy atom. The van der Waals surface area contributed by atoms with Crippen LogP contribution in [0, 0.1) is 0 Å². The molecule has 0 spiro atoms. The molecule has 3 rings (SSSR count). The highest BCUT2D eigenvalue weighted by atomic mass is 79.9. The Balaban J connectivity index is 1.86. The van der Waals surface area contributed by atoms with Crippen LogP contribution in [0.5, 0.6) is 0 Å². The van der Waals surface area contributed by atoms with Crippen molar-refractivity contribution in [3.8, 4) is 0 Å². The van der Waals surface area contributed by atoms with Gasteiger partial charge in [-0.2, -0.15) is 0 Å². The van der Waals surface area contributed by atoms with Gasteiger partial charge in [0.05, 0.1) is 4.47 Å². The number of hydrogen-bond donors (Lipinski definition) is 2. The van der Waals surface area contributed by atoms with E-state index in [4.69, 9.17) is 16.6 Å². The van der Waals surface area contributed by atoms with Crippen LogP contribution in [0.4, 0.5) is 0 Å². The smallest absolute Gasteiger partial charge is 0.263 e. The van der Waals surface area contributed by atoms with E-state index in [2.05, 4.69) is 36.5 Å². The maximum absolute atomic E-state index is 11.8. The third kappa shape index (κ3) is 3.66. The van der Waals surface area contributed by atoms with E-state index in [1.807, 2.05) is 0 Å². The molecule has 2 N–H and O–H groups in total. The van der Waals surface area contributed by atoms with Crippen molar-refractivity contribution in [2.75, 3.05) is 0 Å². The number of carbonyl (C=O) groups excluding carboxylic acids is 2. The van der Waals surface area contributed by atoms with Gasteiger partial charge in [-0.05, 0) is 58.1 Å². The molecule has 2 amide bonds. The van der Waals surface area contributed by atoms with Crippen LogP contribution in [-0.4, -0.2) is 26.9 Å². The van der Waals surface area contributed by atoms with Crippen molar-refractivity contribution in [2.24, 2.45) is 0 Å². The van der Waals surface area contributed by atoms with Crippen LogP contribution in [0.3, 0.4) is 0 Å². The van der Waals surface area contributed by atoms with Gasteiger partial charge in [0.15, 0.2) is 15.4 Å². The predicted octanol–water partition coefficient (Wildman–Crippen LogP) is 1.90. The molecule has 23 heavy (non-hydrogen) atoms. The quantitative estimate of drug-likeness (QED) is 0.345. The summed E-state index contributed by atoms with van der Waals surface area (Å²) in [6.07, 6.45) is 4.58. The van der Waals surface area contributed by atoms with Gasteiger partial charge >= 0.3 is 0 Å². The van der Waals surface area contributed by atoms with Gasteiger partial charge < -0.3 is 4.42 Å². The van der Waals surface area contributed by atoms with Crippen LogP contribution in [0.25, 0.3) is 6.08 Å². The highest BCUT2D eigenvalue weighted by Crippen LogP contribution is 2.34. The number of furan rings is 1. The van der Waals surface area contributed by atoms with E-state index in [0.717, 1.165) is 0 Å². The third-order valence-corrected chi connectivity index (χ3v) is 4.57. The molecule has 0 bridgehead atoms. The Morgan fingerprint density at radius 3 is 2.52 bits per heavy atom. The molecule has 116 valence electrons. The van der Waals surface area contributed by atoms with Crippen molar-refractivity contribution in [2.45, 2.75) is 10.2 Å². The minimum Gasteiger partial charge on any atom is -0.449 e. The van der Waals surface area contributed by atoms with E-state index in [1.165, 1.54) is 17.8 Å². The summed E-state index contributed by atoms with van der Waals surface area (Å²) in [6, 6.07) is 3.35. The fourth-order valence-corrected chi connectivity index (χ4v) is 3.10. The summed E-state index contributed by atoms with van der Waals surface area (Å²) in [4.78, 5) is 31.8. The second-order valence-electron chi connectivity index (χ2n) is 4.21. The molecule has 0 unspecified atom stereocenters. The van der Waals surface area contributed by atoms with Gasteiger partial charge in [-0.25, -0.2) is 9.97 Å². The normalized spacial score (nSPS) is 14.5. The Bertz CT molecular complexity index is 813. The van der Waals surface area contributed by atoms with Crippen LogP contribution >= 0.6 is 39.9 Å². The minimum absolute atomic E-state index is 0.0183. The van der Waals surface area contributed by atoms with Gasteiger partial charge in [0.1, 0.15) is 11.3 Å². The lowest BCUT2D eigenvalue weighted by atomic mass is 10.1. The second-order valence-corrected chi connectivity index (χ2v) is 6.42. The topological polar surface area (TPSA) is 97.1 Å². The molecule has 1 fully saturated rings. The van der Waals surface area contributed by atoms with Crippen molar-refractivity contribution in [3.63, 3.8) is 0 Å². The average Bonchev–Trinajstić information content (AvgIpc) is 2.84. The number of rotatable bonds is 3. The van der Waals surface area contributed by atoms with Crippen LogP contribution in [0.1, 0.15) is 5.76 Å². The number of nitrogens with zero attached hydrogens (tertiary/aromatic N) is 2. The summed E-state index contributed by atoms with van der Waals surface area (Å²) in [5.41, 5.74) is -0.0904. The minimum atomic E-state index is -0.577. The Kier molecular flexibility index (Phi) is 4.55. The molecule has 0 aliphatic carbocycles. The Hall–Kier alpha value is -2.04. The highest BCUT2D eigenvalue weighted by molar-refractivity contribution is 9.10. The van der Waals surface area contributed by atoms with E-state index in [9.17, 15) is 9.59 Å². The second kappa shape index (κ2) is 6.60. The number of aromatic nitrogens is 2. The zero-order valence-electron chi connectivity index (χ0n) is 11.2. The number of amides is 2. The Morgan fingerprint density at radius 1 is 1.22 bits per heavy atom. The van der Waals surface area contributed by atoms with Crippen molar-refractivity contribution in [1.29, 1.82) is 0 Å². The monoisotopic (exact) mass is 410 g/mol. The molecular formula is C13H7BrN4O3S2. The van der Waals surface area contributed by atoms with Crippen LogP contribution in [-0.2, 0) is 9.59 Å². The lowest BCUT2D eigenvalue weighted by Crippen LogP contribution is -2.51. The fourth-order valence-electron chi connectivity index (χ4n) is 1.68. The lowest BCUT2D eigenvalue weighted by molar-refractivity contribution is -0.123. The zero-order valence-corrected chi connectivity index (χ0v) is 14.4. The highest BCUT2D eigenvalue weighted by Gasteiger charge is 2.26. The molecule has 7 nitrogen and oxygen atoms in total. The third-order valence-electron chi connectivity index (χ3n) is 2.63. The summed E-state index contributed by atoms with van der Waals surface area (Å²) in [6.45, 7) is 0. The number of hydrogen-bond acceptors (Lipinski definition) is 7. The van der Waals surface area contributed by atoms with E-state index < -0.39 is 11.8 Å². The summed E-state index contributed by atoms with van der Waals surface area (Å²) in [5, 5.41) is 5.72. The average molecular weight is 411 g/mol. The molecule has 0 atom stereocenters. The van der Waals surface area contributed by atoms with Crippen LogP contribution < -0.4 is 10.6 Å². The summed E-state index contributed by atoms with van der Waals surface area (Å²) in [5.74, 6) is -0.817. The lowest BCUT2D eigenvalue weighted by Gasteiger charge is -2.15. The number of halogens is 1. The van der Waals surface area contributed by atoms with E-state index in [0.29, 0.717) is 20.5 Å². The maximum Gasteiger partial charge on any atom is 0.263 e. The summed E-state index contributed by atoms with van der Waals surface area (Å²) < 4.78 is 6.27. The van der Waals surface area contributed by atoms with Crippen molar-refractivity contribution >= 4 is 62.9 Å². The number of thiocarbonyl (C=S) groups is 1. The standard InChI is InChI=1S/C13H7BrN4O3S2/c14-8-5-6(4-7-9(19)17-12(22)18-10(7)20)21-11(8)23-13-15-2-1-3-16-13/h1-5H,(H2,17,18,19,20,22). The zero-order chi connectivity index (χ0) is 16.4.